The lowest BCUT2D eigenvalue weighted by Crippen LogP contribution is -2.18. The number of sulfonamides is 1. The van der Waals surface area contributed by atoms with Crippen molar-refractivity contribution in [1.82, 2.24) is 9.97 Å². The number of aryl methyl sites for hydroxylation is 2. The predicted molar refractivity (Wildman–Crippen MR) is 118 cm³/mol. The highest BCUT2D eigenvalue weighted by Gasteiger charge is 2.60. The van der Waals surface area contributed by atoms with Gasteiger partial charge in [0.15, 0.2) is 0 Å². The molecule has 0 spiro atoms. The van der Waals surface area contributed by atoms with E-state index in [1.54, 1.807) is 26.0 Å². The van der Waals surface area contributed by atoms with Crippen molar-refractivity contribution in [3.63, 3.8) is 0 Å². The third-order valence-corrected chi connectivity index (χ3v) is 6.73. The normalized spacial score (nSPS) is 19.7. The molecule has 1 aromatic heterocycles. The van der Waals surface area contributed by atoms with Gasteiger partial charge in [-0.3, -0.25) is 4.79 Å². The molecule has 3 rings (SSSR count). The topological polar surface area (TPSA) is 101 Å². The molecule has 1 heterocycles. The number of amides is 1. The number of halogens is 2. The van der Waals surface area contributed by atoms with Crippen LogP contribution in [0.3, 0.4) is 0 Å². The number of benzene rings is 1. The first-order valence-electron chi connectivity index (χ1n) is 9.19. The highest BCUT2D eigenvalue weighted by molar-refractivity contribution is 7.92. The number of hydrogen-bond donors (Lipinski definition) is 2. The minimum absolute atomic E-state index is 0.0119. The lowest BCUT2D eigenvalue weighted by atomic mass is 10.1. The fourth-order valence-corrected chi connectivity index (χ4v) is 4.73. The SMILES string of the molecule is Cc1cc(C)nc(NS(=O)(=O)c2ccc(NC(=O)[C@@H]3[C@H](C=C(Cl)Cl)C3(C)C)cc2)n1. The molecule has 0 unspecified atom stereocenters. The molecule has 160 valence electrons. The molecule has 2 N–H and O–H groups in total. The fraction of sp³-hybridized carbons (Fsp3) is 0.350. The average molecular weight is 469 g/mol. The van der Waals surface area contributed by atoms with Crippen LogP contribution >= 0.6 is 23.2 Å². The molecule has 1 fully saturated rings. The van der Waals surface area contributed by atoms with Gasteiger partial charge in [0.2, 0.25) is 11.9 Å². The van der Waals surface area contributed by atoms with Crippen molar-refractivity contribution in [2.75, 3.05) is 10.0 Å². The van der Waals surface area contributed by atoms with E-state index in [2.05, 4.69) is 20.0 Å². The Hall–Kier alpha value is -2.16. The van der Waals surface area contributed by atoms with Gasteiger partial charge in [-0.15, -0.1) is 0 Å². The van der Waals surface area contributed by atoms with E-state index < -0.39 is 10.0 Å². The van der Waals surface area contributed by atoms with Crippen molar-refractivity contribution in [3.05, 3.63) is 52.3 Å². The second-order valence-corrected chi connectivity index (χ2v) is 10.6. The van der Waals surface area contributed by atoms with Gasteiger partial charge in [-0.05, 0) is 61.6 Å². The summed E-state index contributed by atoms with van der Waals surface area (Å²) in [5, 5.41) is 2.81. The van der Waals surface area contributed by atoms with Crippen LogP contribution < -0.4 is 10.0 Å². The molecule has 0 bridgehead atoms. The van der Waals surface area contributed by atoms with Crippen molar-refractivity contribution in [1.29, 1.82) is 0 Å². The molecule has 7 nitrogen and oxygen atoms in total. The molecular weight excluding hydrogens is 447 g/mol. The van der Waals surface area contributed by atoms with Crippen LogP contribution in [0.2, 0.25) is 0 Å². The number of anilines is 2. The quantitative estimate of drug-likeness (QED) is 0.652. The molecule has 2 aromatic rings. The zero-order valence-corrected chi connectivity index (χ0v) is 19.2. The first-order valence-corrected chi connectivity index (χ1v) is 11.4. The molecule has 2 atom stereocenters. The van der Waals surface area contributed by atoms with Crippen LogP contribution in [0.25, 0.3) is 0 Å². The maximum atomic E-state index is 12.6. The Morgan fingerprint density at radius 3 is 2.20 bits per heavy atom. The molecule has 0 radical (unpaired) electrons. The molecule has 1 aliphatic carbocycles. The summed E-state index contributed by atoms with van der Waals surface area (Å²) < 4.78 is 27.7. The summed E-state index contributed by atoms with van der Waals surface area (Å²) in [5.74, 6) is -0.480. The second-order valence-electron chi connectivity index (χ2n) is 7.87. The molecule has 0 aliphatic heterocycles. The maximum absolute atomic E-state index is 12.6. The zero-order chi connectivity index (χ0) is 22.3. The van der Waals surface area contributed by atoms with E-state index >= 15 is 0 Å². The first-order chi connectivity index (χ1) is 13.9. The number of carbonyl (C=O) groups excluding carboxylic acids is 1. The monoisotopic (exact) mass is 468 g/mol. The maximum Gasteiger partial charge on any atom is 0.264 e. The van der Waals surface area contributed by atoms with Crippen LogP contribution in [0.5, 0.6) is 0 Å². The van der Waals surface area contributed by atoms with Crippen LogP contribution in [-0.4, -0.2) is 24.3 Å². The molecule has 1 saturated carbocycles. The van der Waals surface area contributed by atoms with Gasteiger partial charge in [-0.1, -0.05) is 37.0 Å². The summed E-state index contributed by atoms with van der Waals surface area (Å²) in [7, 11) is -3.86. The number of allylic oxidation sites excluding steroid dienone is 1. The predicted octanol–water partition coefficient (Wildman–Crippen LogP) is 4.42. The van der Waals surface area contributed by atoms with E-state index in [0.717, 1.165) is 0 Å². The number of rotatable bonds is 6. The number of nitrogens with one attached hydrogen (secondary N) is 2. The molecule has 1 aliphatic rings. The van der Waals surface area contributed by atoms with E-state index in [-0.39, 0.29) is 38.5 Å². The summed E-state index contributed by atoms with van der Waals surface area (Å²) in [6.07, 6.45) is 1.67. The lowest BCUT2D eigenvalue weighted by Gasteiger charge is -2.10. The number of nitrogens with zero attached hydrogens (tertiary/aromatic N) is 2. The molecular formula is C20H22Cl2N4O3S. The van der Waals surface area contributed by atoms with E-state index in [4.69, 9.17) is 23.2 Å². The molecule has 10 heteroatoms. The number of hydrogen-bond acceptors (Lipinski definition) is 5. The number of carbonyl (C=O) groups is 1. The fourth-order valence-electron chi connectivity index (χ4n) is 3.51. The summed E-state index contributed by atoms with van der Waals surface area (Å²) in [6, 6.07) is 7.63. The molecule has 0 saturated heterocycles. The molecule has 1 amide bonds. The Labute approximate surface area is 186 Å². The Bertz CT molecular complexity index is 1090. The third-order valence-electron chi connectivity index (χ3n) is 5.14. The third kappa shape index (κ3) is 4.94. The van der Waals surface area contributed by atoms with Crippen LogP contribution in [0.1, 0.15) is 25.2 Å². The van der Waals surface area contributed by atoms with Gasteiger partial charge < -0.3 is 5.32 Å². The van der Waals surface area contributed by atoms with E-state index in [0.29, 0.717) is 17.1 Å². The van der Waals surface area contributed by atoms with E-state index in [1.807, 2.05) is 13.8 Å². The van der Waals surface area contributed by atoms with Gasteiger partial charge >= 0.3 is 0 Å². The van der Waals surface area contributed by atoms with Gasteiger partial charge in [-0.25, -0.2) is 23.1 Å². The minimum Gasteiger partial charge on any atom is -0.326 e. The average Bonchev–Trinajstić information content (AvgIpc) is 3.13. The first kappa shape index (κ1) is 22.5. The molecule has 1 aromatic carbocycles. The molecule has 30 heavy (non-hydrogen) atoms. The van der Waals surface area contributed by atoms with Gasteiger partial charge in [0.1, 0.15) is 4.49 Å². The second kappa shape index (κ2) is 8.17. The van der Waals surface area contributed by atoms with Crippen LogP contribution in [0, 0.1) is 31.1 Å². The van der Waals surface area contributed by atoms with Gasteiger partial charge in [0.25, 0.3) is 10.0 Å². The summed E-state index contributed by atoms with van der Waals surface area (Å²) in [6.45, 7) is 7.44. The van der Waals surface area contributed by atoms with Crippen molar-refractivity contribution in [3.8, 4) is 0 Å². The summed E-state index contributed by atoms with van der Waals surface area (Å²) in [5.41, 5.74) is 1.55. The van der Waals surface area contributed by atoms with Crippen molar-refractivity contribution in [2.45, 2.75) is 32.6 Å². The Morgan fingerprint density at radius 2 is 1.67 bits per heavy atom. The van der Waals surface area contributed by atoms with Gasteiger partial charge in [-0.2, -0.15) is 0 Å². The summed E-state index contributed by atoms with van der Waals surface area (Å²) in [4.78, 5) is 20.8. The highest BCUT2D eigenvalue weighted by atomic mass is 35.5. The standard InChI is InChI=1S/C20H22Cl2N4O3S/c1-11-9-12(2)24-19(23-11)26-30(28,29)14-7-5-13(6-8-14)25-18(27)17-15(10-16(21)22)20(17,3)4/h5-10,15,17H,1-4H3,(H,25,27)(H,23,24,26)/t15-,17-/m0/s1. The van der Waals surface area contributed by atoms with E-state index in [9.17, 15) is 13.2 Å². The minimum atomic E-state index is -3.86. The van der Waals surface area contributed by atoms with Crippen LogP contribution in [0.4, 0.5) is 11.6 Å². The van der Waals surface area contributed by atoms with Gasteiger partial charge in [0, 0.05) is 17.1 Å². The van der Waals surface area contributed by atoms with Crippen molar-refractivity contribution >= 4 is 50.8 Å². The number of aromatic nitrogens is 2. The Morgan fingerprint density at radius 1 is 1.10 bits per heavy atom. The van der Waals surface area contributed by atoms with Crippen LogP contribution in [-0.2, 0) is 14.8 Å². The van der Waals surface area contributed by atoms with Crippen molar-refractivity contribution < 1.29 is 13.2 Å². The summed E-state index contributed by atoms with van der Waals surface area (Å²) >= 11 is 11.5. The Balaban J connectivity index is 1.70. The van der Waals surface area contributed by atoms with Crippen molar-refractivity contribution in [2.24, 2.45) is 17.3 Å². The highest BCUT2D eigenvalue weighted by Crippen LogP contribution is 2.60. The largest absolute Gasteiger partial charge is 0.326 e. The lowest BCUT2D eigenvalue weighted by molar-refractivity contribution is -0.118. The zero-order valence-electron chi connectivity index (χ0n) is 16.9. The van der Waals surface area contributed by atoms with Crippen LogP contribution in [0.15, 0.2) is 45.8 Å². The van der Waals surface area contributed by atoms with Gasteiger partial charge in [0.05, 0.1) is 10.8 Å². The van der Waals surface area contributed by atoms with E-state index in [1.165, 1.54) is 24.3 Å². The Kier molecular flexibility index (Phi) is 6.13. The smallest absolute Gasteiger partial charge is 0.264 e.